The van der Waals surface area contributed by atoms with Gasteiger partial charge < -0.3 is 11.1 Å². The molecule has 0 bridgehead atoms. The Morgan fingerprint density at radius 1 is 1.44 bits per heavy atom. The van der Waals surface area contributed by atoms with Gasteiger partial charge in [0, 0.05) is 39.2 Å². The molecule has 0 spiro atoms. The Morgan fingerprint density at radius 3 is 2.72 bits per heavy atom. The summed E-state index contributed by atoms with van der Waals surface area (Å²) < 4.78 is 1.08. The highest BCUT2D eigenvalue weighted by Gasteiger charge is 2.04. The van der Waals surface area contributed by atoms with Gasteiger partial charge in [-0.05, 0) is 34.5 Å². The molecule has 0 amide bonds. The Kier molecular flexibility index (Phi) is 4.68. The van der Waals surface area contributed by atoms with Crippen LogP contribution in [0.1, 0.15) is 6.92 Å². The first kappa shape index (κ1) is 13.5. The van der Waals surface area contributed by atoms with Crippen LogP contribution in [0.2, 0.25) is 0 Å². The average molecular weight is 327 g/mol. The zero-order valence-electron chi connectivity index (χ0n) is 10.1. The molecule has 0 aliphatic rings. The molecular formula is C12H15BrN4S. The average Bonchev–Trinajstić information content (AvgIpc) is 2.83. The molecule has 2 aromatic rings. The maximum absolute atomic E-state index is 5.55. The minimum absolute atomic E-state index is 0.418. The van der Waals surface area contributed by atoms with E-state index >= 15 is 0 Å². The summed E-state index contributed by atoms with van der Waals surface area (Å²) in [6, 6.07) is 2.06. The molecule has 6 heteroatoms. The Bertz CT molecular complexity index is 497. The van der Waals surface area contributed by atoms with Crippen molar-refractivity contribution in [3.05, 3.63) is 28.3 Å². The number of aromatic nitrogens is 2. The van der Waals surface area contributed by atoms with Crippen molar-refractivity contribution in [2.45, 2.75) is 6.92 Å². The van der Waals surface area contributed by atoms with Crippen LogP contribution < -0.4 is 11.1 Å². The van der Waals surface area contributed by atoms with Crippen molar-refractivity contribution in [2.75, 3.05) is 18.4 Å². The SMILES string of the molecule is CC(CN)CNc1ncc(-c2cc(Br)cs2)cn1. The summed E-state index contributed by atoms with van der Waals surface area (Å²) in [4.78, 5) is 9.75. The zero-order chi connectivity index (χ0) is 13.0. The molecule has 4 nitrogen and oxygen atoms in total. The fourth-order valence-electron chi connectivity index (χ4n) is 1.36. The smallest absolute Gasteiger partial charge is 0.222 e. The van der Waals surface area contributed by atoms with E-state index in [1.54, 1.807) is 11.3 Å². The molecule has 96 valence electrons. The lowest BCUT2D eigenvalue weighted by molar-refractivity contribution is 0.625. The second-order valence-electron chi connectivity index (χ2n) is 4.15. The molecule has 2 rings (SSSR count). The van der Waals surface area contributed by atoms with Gasteiger partial charge in [-0.25, -0.2) is 9.97 Å². The van der Waals surface area contributed by atoms with E-state index in [-0.39, 0.29) is 0 Å². The van der Waals surface area contributed by atoms with Gasteiger partial charge in [-0.15, -0.1) is 11.3 Å². The molecule has 0 aromatic carbocycles. The van der Waals surface area contributed by atoms with E-state index in [4.69, 9.17) is 5.73 Å². The van der Waals surface area contributed by atoms with Crippen LogP contribution in [0.15, 0.2) is 28.3 Å². The van der Waals surface area contributed by atoms with E-state index in [2.05, 4.69) is 44.2 Å². The monoisotopic (exact) mass is 326 g/mol. The molecule has 3 N–H and O–H groups in total. The molecule has 1 atom stereocenters. The van der Waals surface area contributed by atoms with Crippen molar-refractivity contribution in [3.63, 3.8) is 0 Å². The minimum Gasteiger partial charge on any atom is -0.354 e. The number of nitrogens with one attached hydrogen (secondary N) is 1. The van der Waals surface area contributed by atoms with Gasteiger partial charge in [0.15, 0.2) is 0 Å². The second-order valence-corrected chi connectivity index (χ2v) is 5.97. The van der Waals surface area contributed by atoms with Gasteiger partial charge in [0.1, 0.15) is 0 Å². The topological polar surface area (TPSA) is 63.8 Å². The largest absolute Gasteiger partial charge is 0.354 e. The van der Waals surface area contributed by atoms with E-state index in [1.165, 1.54) is 0 Å². The third-order valence-electron chi connectivity index (χ3n) is 2.51. The highest BCUT2D eigenvalue weighted by molar-refractivity contribution is 9.10. The van der Waals surface area contributed by atoms with Gasteiger partial charge in [0.25, 0.3) is 0 Å². The van der Waals surface area contributed by atoms with Crippen molar-refractivity contribution in [1.29, 1.82) is 0 Å². The summed E-state index contributed by atoms with van der Waals surface area (Å²) in [5.41, 5.74) is 6.59. The highest BCUT2D eigenvalue weighted by atomic mass is 79.9. The van der Waals surface area contributed by atoms with Crippen molar-refractivity contribution < 1.29 is 0 Å². The van der Waals surface area contributed by atoms with Crippen molar-refractivity contribution in [3.8, 4) is 10.4 Å². The van der Waals surface area contributed by atoms with Crippen LogP contribution in [0.5, 0.6) is 0 Å². The second kappa shape index (κ2) is 6.26. The molecule has 0 saturated heterocycles. The van der Waals surface area contributed by atoms with Crippen molar-refractivity contribution in [1.82, 2.24) is 9.97 Å². The first-order chi connectivity index (χ1) is 8.69. The van der Waals surface area contributed by atoms with E-state index in [9.17, 15) is 0 Å². The third-order valence-corrected chi connectivity index (χ3v) is 4.25. The summed E-state index contributed by atoms with van der Waals surface area (Å²) in [5, 5.41) is 5.22. The van der Waals surface area contributed by atoms with E-state index < -0.39 is 0 Å². The number of thiophene rings is 1. The standard InChI is InChI=1S/C12H15BrN4S/c1-8(3-14)4-15-12-16-5-9(6-17-12)11-2-10(13)7-18-11/h2,5-8H,3-4,14H2,1H3,(H,15,16,17). The number of hydrogen-bond donors (Lipinski definition) is 2. The molecule has 1 unspecified atom stereocenters. The normalized spacial score (nSPS) is 12.4. The van der Waals surface area contributed by atoms with Gasteiger partial charge in [-0.1, -0.05) is 6.92 Å². The molecule has 2 aromatic heterocycles. The highest BCUT2D eigenvalue weighted by Crippen LogP contribution is 2.28. The summed E-state index contributed by atoms with van der Waals surface area (Å²) >= 11 is 5.10. The first-order valence-electron chi connectivity index (χ1n) is 5.69. The fraction of sp³-hybridized carbons (Fsp3) is 0.333. The molecule has 0 fully saturated rings. The Balaban J connectivity index is 2.01. The van der Waals surface area contributed by atoms with E-state index in [0.717, 1.165) is 21.5 Å². The lowest BCUT2D eigenvalue weighted by Gasteiger charge is -2.09. The Hall–Kier alpha value is -0.980. The van der Waals surface area contributed by atoms with Crippen LogP contribution in [0.4, 0.5) is 5.95 Å². The Morgan fingerprint density at radius 2 is 2.17 bits per heavy atom. The molecule has 0 aliphatic heterocycles. The van der Waals surface area contributed by atoms with Crippen LogP contribution in [-0.4, -0.2) is 23.1 Å². The summed E-state index contributed by atoms with van der Waals surface area (Å²) in [7, 11) is 0. The number of rotatable bonds is 5. The number of halogens is 1. The van der Waals surface area contributed by atoms with E-state index in [0.29, 0.717) is 18.4 Å². The fourth-order valence-corrected chi connectivity index (χ4v) is 2.76. The van der Waals surface area contributed by atoms with Crippen LogP contribution in [-0.2, 0) is 0 Å². The van der Waals surface area contributed by atoms with Gasteiger partial charge in [-0.2, -0.15) is 0 Å². The molecular weight excluding hydrogens is 312 g/mol. The third kappa shape index (κ3) is 3.51. The summed E-state index contributed by atoms with van der Waals surface area (Å²) in [5.74, 6) is 1.07. The van der Waals surface area contributed by atoms with Crippen molar-refractivity contribution in [2.24, 2.45) is 11.7 Å². The molecule has 18 heavy (non-hydrogen) atoms. The van der Waals surface area contributed by atoms with E-state index in [1.807, 2.05) is 17.8 Å². The maximum Gasteiger partial charge on any atom is 0.222 e. The number of hydrogen-bond acceptors (Lipinski definition) is 5. The predicted octanol–water partition coefficient (Wildman–Crippen LogP) is 2.97. The number of anilines is 1. The van der Waals surface area contributed by atoms with Crippen molar-refractivity contribution >= 4 is 33.2 Å². The summed E-state index contributed by atoms with van der Waals surface area (Å²) in [6.07, 6.45) is 3.67. The van der Waals surface area contributed by atoms with Crippen LogP contribution >= 0.6 is 27.3 Å². The first-order valence-corrected chi connectivity index (χ1v) is 7.36. The minimum atomic E-state index is 0.418. The Labute approximate surface area is 119 Å². The molecule has 0 radical (unpaired) electrons. The van der Waals surface area contributed by atoms with Gasteiger partial charge in [0.2, 0.25) is 5.95 Å². The number of nitrogens with two attached hydrogens (primary N) is 1. The molecule has 0 aliphatic carbocycles. The maximum atomic E-state index is 5.55. The lowest BCUT2D eigenvalue weighted by Crippen LogP contribution is -2.20. The quantitative estimate of drug-likeness (QED) is 0.886. The summed E-state index contributed by atoms with van der Waals surface area (Å²) in [6.45, 7) is 3.54. The number of nitrogens with zero attached hydrogens (tertiary/aromatic N) is 2. The van der Waals surface area contributed by atoms with Gasteiger partial charge >= 0.3 is 0 Å². The predicted molar refractivity (Wildman–Crippen MR) is 79.8 cm³/mol. The van der Waals surface area contributed by atoms with Gasteiger partial charge in [0.05, 0.1) is 0 Å². The van der Waals surface area contributed by atoms with Crippen LogP contribution in [0, 0.1) is 5.92 Å². The van der Waals surface area contributed by atoms with Crippen LogP contribution in [0.3, 0.4) is 0 Å². The lowest BCUT2D eigenvalue weighted by atomic mass is 10.2. The van der Waals surface area contributed by atoms with Crippen LogP contribution in [0.25, 0.3) is 10.4 Å². The van der Waals surface area contributed by atoms with Gasteiger partial charge in [-0.3, -0.25) is 0 Å². The zero-order valence-corrected chi connectivity index (χ0v) is 12.5. The molecule has 0 saturated carbocycles. The molecule has 2 heterocycles.